The molecule has 0 saturated carbocycles. The maximum Gasteiger partial charge on any atom is 0.417 e. The van der Waals surface area contributed by atoms with E-state index in [-0.39, 0.29) is 5.03 Å². The van der Waals surface area contributed by atoms with Crippen LogP contribution in [0.3, 0.4) is 0 Å². The first-order valence-electron chi connectivity index (χ1n) is 5.87. The van der Waals surface area contributed by atoms with Crippen molar-refractivity contribution in [2.75, 3.05) is 5.75 Å². The molecule has 20 heavy (non-hydrogen) atoms. The Morgan fingerprint density at radius 3 is 2.40 bits per heavy atom. The number of hydrogen-bond donors (Lipinski definition) is 0. The summed E-state index contributed by atoms with van der Waals surface area (Å²) in [6.07, 6.45) is -3.01. The average Bonchev–Trinajstić information content (AvgIpc) is 2.32. The molecule has 108 valence electrons. The Morgan fingerprint density at radius 1 is 1.40 bits per heavy atom. The van der Waals surface area contributed by atoms with Gasteiger partial charge in [0, 0.05) is 16.9 Å². The maximum absolute atomic E-state index is 13.1. The molecule has 2 nitrogen and oxygen atoms in total. The number of nitrogens with zero attached hydrogens (tertiary/aromatic N) is 2. The van der Waals surface area contributed by atoms with Crippen LogP contribution >= 0.6 is 11.8 Å². The van der Waals surface area contributed by atoms with Crippen molar-refractivity contribution < 1.29 is 13.2 Å². The van der Waals surface area contributed by atoms with Crippen molar-refractivity contribution in [3.05, 3.63) is 35.5 Å². The van der Waals surface area contributed by atoms with Crippen molar-refractivity contribution in [1.82, 2.24) is 4.98 Å². The number of hydrogen-bond acceptors (Lipinski definition) is 3. The third-order valence-corrected chi connectivity index (χ3v) is 3.48. The van der Waals surface area contributed by atoms with Crippen LogP contribution in [0.5, 0.6) is 0 Å². The number of halogens is 3. The van der Waals surface area contributed by atoms with E-state index in [1.165, 1.54) is 0 Å². The van der Waals surface area contributed by atoms with Crippen LogP contribution in [-0.4, -0.2) is 10.7 Å². The smallest absolute Gasteiger partial charge is 0.245 e. The summed E-state index contributed by atoms with van der Waals surface area (Å²) in [5, 5.41) is 9.13. The fraction of sp³-hybridized carbons (Fsp3) is 0.429. The van der Waals surface area contributed by atoms with E-state index in [1.807, 2.05) is 0 Å². The van der Waals surface area contributed by atoms with Gasteiger partial charge < -0.3 is 0 Å². The highest BCUT2D eigenvalue weighted by molar-refractivity contribution is 7.99. The average molecular weight is 300 g/mol. The van der Waals surface area contributed by atoms with Gasteiger partial charge in [-0.25, -0.2) is 4.98 Å². The molecule has 1 rings (SSSR count). The molecule has 0 N–H and O–H groups in total. The molecular weight excluding hydrogens is 285 g/mol. The maximum atomic E-state index is 13.1. The molecule has 0 aromatic carbocycles. The van der Waals surface area contributed by atoms with Gasteiger partial charge in [-0.1, -0.05) is 26.8 Å². The van der Waals surface area contributed by atoms with Crippen LogP contribution in [0.15, 0.2) is 23.7 Å². The van der Waals surface area contributed by atoms with Crippen molar-refractivity contribution in [2.45, 2.75) is 37.4 Å². The Bertz CT molecular complexity index is 551. The highest BCUT2D eigenvalue weighted by atomic mass is 32.2. The molecule has 0 bridgehead atoms. The van der Waals surface area contributed by atoms with Crippen molar-refractivity contribution in [1.29, 1.82) is 5.26 Å². The van der Waals surface area contributed by atoms with Gasteiger partial charge in [0.05, 0.1) is 11.1 Å². The molecule has 0 atom stereocenters. The summed E-state index contributed by atoms with van der Waals surface area (Å²) >= 11 is 1.08. The minimum absolute atomic E-state index is 0.104. The largest absolute Gasteiger partial charge is 0.417 e. The molecule has 0 amide bonds. The van der Waals surface area contributed by atoms with Crippen LogP contribution in [0.1, 0.15) is 37.6 Å². The molecule has 1 aromatic heterocycles. The van der Waals surface area contributed by atoms with Gasteiger partial charge in [0.1, 0.15) is 11.1 Å². The first kappa shape index (κ1) is 16.6. The van der Waals surface area contributed by atoms with Crippen LogP contribution in [0.25, 0.3) is 0 Å². The highest BCUT2D eigenvalue weighted by Gasteiger charge is 2.37. The van der Waals surface area contributed by atoms with E-state index in [9.17, 15) is 13.2 Å². The second-order valence-corrected chi connectivity index (χ2v) is 6.20. The van der Waals surface area contributed by atoms with Gasteiger partial charge in [-0.2, -0.15) is 18.4 Å². The lowest BCUT2D eigenvalue weighted by Crippen LogP contribution is -2.18. The fourth-order valence-electron chi connectivity index (χ4n) is 1.48. The Labute approximate surface area is 120 Å². The molecule has 0 radical (unpaired) electrons. The number of aromatic nitrogens is 1. The molecule has 6 heteroatoms. The van der Waals surface area contributed by atoms with Crippen molar-refractivity contribution in [3.8, 4) is 6.07 Å². The summed E-state index contributed by atoms with van der Waals surface area (Å²) in [5.74, 6) is 0.395. The summed E-state index contributed by atoms with van der Waals surface area (Å²) in [6, 6.07) is 2.59. The van der Waals surface area contributed by atoms with E-state index in [1.54, 1.807) is 32.9 Å². The molecule has 1 heterocycles. The van der Waals surface area contributed by atoms with Gasteiger partial charge in [-0.3, -0.25) is 0 Å². The number of alkyl halides is 3. The van der Waals surface area contributed by atoms with Gasteiger partial charge in [0.15, 0.2) is 0 Å². The Balaban J connectivity index is 3.57. The first-order chi connectivity index (χ1) is 9.11. The third-order valence-electron chi connectivity index (χ3n) is 2.51. The zero-order valence-electron chi connectivity index (χ0n) is 11.5. The van der Waals surface area contributed by atoms with Crippen molar-refractivity contribution >= 4 is 11.8 Å². The molecule has 1 aromatic rings. The zero-order chi connectivity index (χ0) is 15.6. The second-order valence-electron chi connectivity index (χ2n) is 5.19. The predicted molar refractivity (Wildman–Crippen MR) is 73.6 cm³/mol. The highest BCUT2D eigenvalue weighted by Crippen LogP contribution is 2.37. The lowest BCUT2D eigenvalue weighted by Gasteiger charge is -2.21. The summed E-state index contributed by atoms with van der Waals surface area (Å²) in [6.45, 7) is 8.86. The van der Waals surface area contributed by atoms with Gasteiger partial charge in [-0.15, -0.1) is 18.3 Å². The van der Waals surface area contributed by atoms with E-state index in [4.69, 9.17) is 5.26 Å². The van der Waals surface area contributed by atoms with Gasteiger partial charge >= 0.3 is 6.18 Å². The minimum Gasteiger partial charge on any atom is -0.245 e. The molecular formula is C14H15F3N2S. The monoisotopic (exact) mass is 300 g/mol. The topological polar surface area (TPSA) is 36.7 Å². The zero-order valence-corrected chi connectivity index (χ0v) is 12.3. The molecule has 0 aliphatic carbocycles. The number of rotatable bonds is 3. The van der Waals surface area contributed by atoms with Crippen LogP contribution in [0, 0.1) is 11.3 Å². The van der Waals surface area contributed by atoms with E-state index in [0.717, 1.165) is 17.8 Å². The van der Waals surface area contributed by atoms with Crippen LogP contribution in [-0.2, 0) is 11.6 Å². The third kappa shape index (κ3) is 3.76. The number of nitriles is 1. The van der Waals surface area contributed by atoms with Crippen molar-refractivity contribution in [3.63, 3.8) is 0 Å². The molecule has 0 aliphatic heterocycles. The van der Waals surface area contributed by atoms with Gasteiger partial charge in [-0.05, 0) is 6.07 Å². The lowest BCUT2D eigenvalue weighted by molar-refractivity contribution is -0.138. The quantitative estimate of drug-likeness (QED) is 0.607. The lowest BCUT2D eigenvalue weighted by atomic mass is 9.90. The standard InChI is InChI=1S/C14H15F3N2S/c1-5-6-20-12-9(8-18)10(14(15,16)17)7-11(19-12)13(2,3)4/h5,7H,1,6H2,2-4H3. The molecule has 0 unspecified atom stereocenters. The Kier molecular flexibility index (Phi) is 4.87. The Hall–Kier alpha value is -1.48. The van der Waals surface area contributed by atoms with Crippen LogP contribution in [0.2, 0.25) is 0 Å². The second kappa shape index (κ2) is 5.88. The minimum atomic E-state index is -4.57. The molecule has 0 saturated heterocycles. The number of thioether (sulfide) groups is 1. The van der Waals surface area contributed by atoms with Crippen molar-refractivity contribution in [2.24, 2.45) is 0 Å². The summed E-state index contributed by atoms with van der Waals surface area (Å²) in [4.78, 5) is 4.22. The van der Waals surface area contributed by atoms with Crippen LogP contribution in [0.4, 0.5) is 13.2 Å². The first-order valence-corrected chi connectivity index (χ1v) is 6.86. The van der Waals surface area contributed by atoms with Gasteiger partial charge in [0.25, 0.3) is 0 Å². The Morgan fingerprint density at radius 2 is 2.00 bits per heavy atom. The summed E-state index contributed by atoms with van der Waals surface area (Å²) in [7, 11) is 0. The van der Waals surface area contributed by atoms with E-state index in [2.05, 4.69) is 11.6 Å². The summed E-state index contributed by atoms with van der Waals surface area (Å²) < 4.78 is 39.3. The van der Waals surface area contributed by atoms with Crippen LogP contribution < -0.4 is 0 Å². The SMILES string of the molecule is C=CCSc1nc(C(C)(C)C)cc(C(F)(F)F)c1C#N. The fourth-order valence-corrected chi connectivity index (χ4v) is 2.22. The van der Waals surface area contributed by atoms with Gasteiger partial charge in [0.2, 0.25) is 0 Å². The van der Waals surface area contributed by atoms with E-state index in [0.29, 0.717) is 11.4 Å². The number of pyridine rings is 1. The molecule has 0 aliphatic rings. The normalized spacial score (nSPS) is 12.1. The van der Waals surface area contributed by atoms with E-state index >= 15 is 0 Å². The molecule has 0 spiro atoms. The predicted octanol–water partition coefficient (Wildman–Crippen LogP) is 4.55. The molecule has 0 fully saturated rings. The summed E-state index contributed by atoms with van der Waals surface area (Å²) in [5.41, 5.74) is -1.56. The van der Waals surface area contributed by atoms with E-state index < -0.39 is 22.7 Å².